The summed E-state index contributed by atoms with van der Waals surface area (Å²) in [5, 5.41) is 2.89. The number of rotatable bonds is 10. The second-order valence-corrected chi connectivity index (χ2v) is 8.76. The Labute approximate surface area is 153 Å². The molecule has 0 atom stereocenters. The molecule has 6 nitrogen and oxygen atoms in total. The summed E-state index contributed by atoms with van der Waals surface area (Å²) in [6.45, 7) is 1.90. The molecular weight excluding hydrogens is 364 g/mol. The van der Waals surface area contributed by atoms with Gasteiger partial charge in [-0.15, -0.1) is 0 Å². The molecular formula is C17H23ClN2O4S. The maximum atomic E-state index is 12.3. The van der Waals surface area contributed by atoms with Crippen LogP contribution >= 0.6 is 11.6 Å². The van der Waals surface area contributed by atoms with Gasteiger partial charge in [-0.25, -0.2) is 13.1 Å². The first-order chi connectivity index (χ1) is 12.0. The largest absolute Gasteiger partial charge is 0.381 e. The summed E-state index contributed by atoms with van der Waals surface area (Å²) in [5.74, 6) is 0.412. The summed E-state index contributed by atoms with van der Waals surface area (Å²) < 4.78 is 32.7. The van der Waals surface area contributed by atoms with Gasteiger partial charge in [-0.2, -0.15) is 0 Å². The van der Waals surface area contributed by atoms with E-state index in [2.05, 4.69) is 10.0 Å². The number of amides is 1. The Morgan fingerprint density at radius 1 is 1.24 bits per heavy atom. The monoisotopic (exact) mass is 386 g/mol. The van der Waals surface area contributed by atoms with Gasteiger partial charge in [0, 0.05) is 31.4 Å². The van der Waals surface area contributed by atoms with E-state index in [0.29, 0.717) is 13.2 Å². The SMILES string of the molecule is O=C(NCCCOCC1CC1)c1ccc(Cl)c(S(=O)(=O)NC2CC2)c1. The zero-order valence-corrected chi connectivity index (χ0v) is 15.5. The molecule has 25 heavy (non-hydrogen) atoms. The van der Waals surface area contributed by atoms with Crippen molar-refractivity contribution in [2.24, 2.45) is 5.92 Å². The second kappa shape index (κ2) is 8.03. The number of carbonyl (C=O) groups excluding carboxylic acids is 1. The van der Waals surface area contributed by atoms with E-state index in [-0.39, 0.29) is 27.4 Å². The van der Waals surface area contributed by atoms with E-state index in [1.165, 1.54) is 31.0 Å². The van der Waals surface area contributed by atoms with Gasteiger partial charge in [0.1, 0.15) is 4.90 Å². The van der Waals surface area contributed by atoms with Crippen molar-refractivity contribution in [3.05, 3.63) is 28.8 Å². The first-order valence-electron chi connectivity index (χ1n) is 8.63. The highest BCUT2D eigenvalue weighted by molar-refractivity contribution is 7.89. The molecule has 1 aromatic rings. The first kappa shape index (κ1) is 18.6. The van der Waals surface area contributed by atoms with Gasteiger partial charge in [-0.05, 0) is 56.2 Å². The van der Waals surface area contributed by atoms with E-state index >= 15 is 0 Å². The Kier molecular flexibility index (Phi) is 5.99. The molecule has 3 rings (SSSR count). The minimum Gasteiger partial charge on any atom is -0.381 e. The van der Waals surface area contributed by atoms with Crippen molar-refractivity contribution in [3.8, 4) is 0 Å². The molecule has 0 heterocycles. The van der Waals surface area contributed by atoms with Crippen molar-refractivity contribution in [1.82, 2.24) is 10.0 Å². The van der Waals surface area contributed by atoms with Crippen molar-refractivity contribution in [3.63, 3.8) is 0 Å². The molecule has 2 saturated carbocycles. The third-order valence-corrected chi connectivity index (χ3v) is 6.19. The molecule has 138 valence electrons. The number of carbonyl (C=O) groups is 1. The summed E-state index contributed by atoms with van der Waals surface area (Å²) in [5.41, 5.74) is 0.277. The molecule has 0 saturated heterocycles. The van der Waals surface area contributed by atoms with Crippen LogP contribution in [0.2, 0.25) is 5.02 Å². The smallest absolute Gasteiger partial charge is 0.251 e. The average molecular weight is 387 g/mol. The molecule has 2 N–H and O–H groups in total. The predicted molar refractivity (Wildman–Crippen MR) is 95.3 cm³/mol. The van der Waals surface area contributed by atoms with Crippen LogP contribution in [-0.2, 0) is 14.8 Å². The minimum atomic E-state index is -3.70. The van der Waals surface area contributed by atoms with Crippen molar-refractivity contribution >= 4 is 27.5 Å². The summed E-state index contributed by atoms with van der Waals surface area (Å²) >= 11 is 6.01. The second-order valence-electron chi connectivity index (χ2n) is 6.67. The molecule has 2 fully saturated rings. The van der Waals surface area contributed by atoms with Gasteiger partial charge < -0.3 is 10.1 Å². The number of halogens is 1. The van der Waals surface area contributed by atoms with Crippen LogP contribution in [-0.4, -0.2) is 40.1 Å². The molecule has 0 aromatic heterocycles. The van der Waals surface area contributed by atoms with E-state index in [1.54, 1.807) is 0 Å². The zero-order chi connectivity index (χ0) is 17.9. The van der Waals surface area contributed by atoms with Crippen LogP contribution < -0.4 is 10.0 Å². The quantitative estimate of drug-likeness (QED) is 0.604. The van der Waals surface area contributed by atoms with E-state index in [1.807, 2.05) is 0 Å². The van der Waals surface area contributed by atoms with Crippen LogP contribution in [0.1, 0.15) is 42.5 Å². The molecule has 1 aromatic carbocycles. The number of sulfonamides is 1. The molecule has 0 bridgehead atoms. The van der Waals surface area contributed by atoms with Crippen LogP contribution in [0.4, 0.5) is 0 Å². The molecule has 2 aliphatic rings. The Hall–Kier alpha value is -1.15. The van der Waals surface area contributed by atoms with Gasteiger partial charge in [-0.1, -0.05) is 11.6 Å². The number of ether oxygens (including phenoxy) is 1. The van der Waals surface area contributed by atoms with Gasteiger partial charge >= 0.3 is 0 Å². The molecule has 0 radical (unpaired) electrons. The lowest BCUT2D eigenvalue weighted by Crippen LogP contribution is -2.28. The van der Waals surface area contributed by atoms with Crippen LogP contribution in [0.25, 0.3) is 0 Å². The van der Waals surface area contributed by atoms with E-state index < -0.39 is 10.0 Å². The molecule has 0 unspecified atom stereocenters. The van der Waals surface area contributed by atoms with Crippen LogP contribution in [0.3, 0.4) is 0 Å². The highest BCUT2D eigenvalue weighted by Gasteiger charge is 2.29. The number of hydrogen-bond acceptors (Lipinski definition) is 4. The zero-order valence-electron chi connectivity index (χ0n) is 14.0. The number of hydrogen-bond donors (Lipinski definition) is 2. The molecule has 2 aliphatic carbocycles. The topological polar surface area (TPSA) is 84.5 Å². The van der Waals surface area contributed by atoms with Crippen LogP contribution in [0.5, 0.6) is 0 Å². The lowest BCUT2D eigenvalue weighted by Gasteiger charge is -2.10. The number of nitrogens with one attached hydrogen (secondary N) is 2. The highest BCUT2D eigenvalue weighted by Crippen LogP contribution is 2.29. The Morgan fingerprint density at radius 2 is 2.00 bits per heavy atom. The van der Waals surface area contributed by atoms with Crippen LogP contribution in [0.15, 0.2) is 23.1 Å². The van der Waals surface area contributed by atoms with Crippen molar-refractivity contribution in [1.29, 1.82) is 0 Å². The summed E-state index contributed by atoms with van der Waals surface area (Å²) in [4.78, 5) is 12.2. The van der Waals surface area contributed by atoms with Gasteiger partial charge in [0.05, 0.1) is 5.02 Å². The average Bonchev–Trinajstić information content (AvgIpc) is 3.46. The van der Waals surface area contributed by atoms with Gasteiger partial charge in [0.25, 0.3) is 5.91 Å². The minimum absolute atomic E-state index is 0.0193. The highest BCUT2D eigenvalue weighted by atomic mass is 35.5. The lowest BCUT2D eigenvalue weighted by atomic mass is 10.2. The first-order valence-corrected chi connectivity index (χ1v) is 10.5. The van der Waals surface area contributed by atoms with Gasteiger partial charge in [0.15, 0.2) is 0 Å². The standard InChI is InChI=1S/C17H23ClN2O4S/c18-15-7-4-13(10-16(15)25(22,23)20-14-5-6-14)17(21)19-8-1-9-24-11-12-2-3-12/h4,7,10,12,14,20H,1-3,5-6,8-9,11H2,(H,19,21). The third kappa shape index (κ3) is 5.67. The summed E-state index contributed by atoms with van der Waals surface area (Å²) in [6.07, 6.45) is 4.91. The van der Waals surface area contributed by atoms with E-state index in [0.717, 1.165) is 31.8 Å². The van der Waals surface area contributed by atoms with E-state index in [4.69, 9.17) is 16.3 Å². The van der Waals surface area contributed by atoms with Gasteiger partial charge in [-0.3, -0.25) is 4.79 Å². The predicted octanol–water partition coefficient (Wildman–Crippen LogP) is 2.33. The maximum absolute atomic E-state index is 12.3. The van der Waals surface area contributed by atoms with Gasteiger partial charge in [0.2, 0.25) is 10.0 Å². The van der Waals surface area contributed by atoms with Crippen molar-refractivity contribution in [2.75, 3.05) is 19.8 Å². The fraction of sp³-hybridized carbons (Fsp3) is 0.588. The van der Waals surface area contributed by atoms with Crippen LogP contribution in [0, 0.1) is 5.92 Å². The fourth-order valence-electron chi connectivity index (χ4n) is 2.35. The molecule has 1 amide bonds. The summed E-state index contributed by atoms with van der Waals surface area (Å²) in [7, 11) is -3.70. The number of benzene rings is 1. The molecule has 0 spiro atoms. The normalized spacial score (nSPS) is 17.5. The lowest BCUT2D eigenvalue weighted by molar-refractivity contribution is 0.0937. The molecule has 8 heteroatoms. The van der Waals surface area contributed by atoms with Crippen molar-refractivity contribution < 1.29 is 17.9 Å². The Morgan fingerprint density at radius 3 is 2.68 bits per heavy atom. The Balaban J connectivity index is 1.52. The van der Waals surface area contributed by atoms with E-state index in [9.17, 15) is 13.2 Å². The Bertz CT molecular complexity index is 730. The summed E-state index contributed by atoms with van der Waals surface area (Å²) in [6, 6.07) is 4.27. The third-order valence-electron chi connectivity index (χ3n) is 4.18. The van der Waals surface area contributed by atoms with Crippen molar-refractivity contribution in [2.45, 2.75) is 43.0 Å². The fourth-order valence-corrected chi connectivity index (χ4v) is 4.18. The maximum Gasteiger partial charge on any atom is 0.251 e. The molecule has 0 aliphatic heterocycles.